The molecule has 2 N–H and O–H groups in total. The summed E-state index contributed by atoms with van der Waals surface area (Å²) >= 11 is 1.70. The van der Waals surface area contributed by atoms with Crippen LogP contribution >= 0.6 is 11.3 Å². The number of nitrogens with one attached hydrogen (secondary N) is 2. The summed E-state index contributed by atoms with van der Waals surface area (Å²) in [6, 6.07) is 22.6. The predicted octanol–water partition coefficient (Wildman–Crippen LogP) is 6.66. The molecule has 4 aromatic rings. The largest absolute Gasteiger partial charge is 0.465 e. The lowest BCUT2D eigenvalue weighted by Crippen LogP contribution is -1.92. The van der Waals surface area contributed by atoms with Crippen LogP contribution in [0.5, 0.6) is 5.75 Å². The first kappa shape index (κ1) is 18.1. The molecular weight excluding hydrogens is 366 g/mol. The summed E-state index contributed by atoms with van der Waals surface area (Å²) in [4.78, 5) is 7.01. The first-order valence-corrected chi connectivity index (χ1v) is 9.90. The highest BCUT2D eigenvalue weighted by atomic mass is 32.1. The van der Waals surface area contributed by atoms with Crippen LogP contribution in [0.25, 0.3) is 20.7 Å². The van der Waals surface area contributed by atoms with Gasteiger partial charge in [0.05, 0.1) is 6.26 Å². The third-order valence-corrected chi connectivity index (χ3v) is 5.40. The van der Waals surface area contributed by atoms with E-state index in [4.69, 9.17) is 9.72 Å². The molecule has 0 fully saturated rings. The smallest absolute Gasteiger partial charge is 0.132 e. The van der Waals surface area contributed by atoms with E-state index in [1.807, 2.05) is 50.4 Å². The van der Waals surface area contributed by atoms with Crippen LogP contribution in [0.2, 0.25) is 0 Å². The number of allylic oxidation sites excluding steroid dienone is 1. The molecule has 0 aliphatic rings. The molecule has 28 heavy (non-hydrogen) atoms. The van der Waals surface area contributed by atoms with E-state index >= 15 is 0 Å². The van der Waals surface area contributed by atoms with Gasteiger partial charge in [-0.2, -0.15) is 0 Å². The second-order valence-corrected chi connectivity index (χ2v) is 7.30. The van der Waals surface area contributed by atoms with Crippen LogP contribution in [-0.2, 0) is 0 Å². The van der Waals surface area contributed by atoms with E-state index in [0.717, 1.165) is 33.2 Å². The quantitative estimate of drug-likeness (QED) is 0.363. The topological polar surface area (TPSA) is 46.2 Å². The van der Waals surface area contributed by atoms with Crippen LogP contribution in [0, 0.1) is 0 Å². The lowest BCUT2D eigenvalue weighted by molar-refractivity contribution is 0.480. The van der Waals surface area contributed by atoms with Crippen molar-refractivity contribution in [2.75, 3.05) is 17.7 Å². The third kappa shape index (κ3) is 4.00. The lowest BCUT2D eigenvalue weighted by atomic mass is 10.1. The SMILES string of the molecule is C/C=C/Oc1ccc(Nc2ccc3cc(-c4ccc(NC)cc4)sc3n2)cc1. The zero-order chi connectivity index (χ0) is 19.3. The van der Waals surface area contributed by atoms with Gasteiger partial charge in [0.25, 0.3) is 0 Å². The number of fused-ring (bicyclic) bond motifs is 1. The van der Waals surface area contributed by atoms with Gasteiger partial charge in [-0.3, -0.25) is 0 Å². The Morgan fingerprint density at radius 2 is 1.68 bits per heavy atom. The number of nitrogens with zero attached hydrogens (tertiary/aromatic N) is 1. The van der Waals surface area contributed by atoms with Crippen LogP contribution in [0.15, 0.2) is 79.1 Å². The van der Waals surface area contributed by atoms with E-state index in [2.05, 4.69) is 47.0 Å². The van der Waals surface area contributed by atoms with Crippen molar-refractivity contribution in [1.82, 2.24) is 4.98 Å². The van der Waals surface area contributed by atoms with Gasteiger partial charge in [-0.1, -0.05) is 18.2 Å². The van der Waals surface area contributed by atoms with Crippen LogP contribution < -0.4 is 15.4 Å². The van der Waals surface area contributed by atoms with Crippen molar-refractivity contribution >= 4 is 38.7 Å². The molecule has 2 aromatic carbocycles. The van der Waals surface area contributed by atoms with Gasteiger partial charge in [-0.05, 0) is 67.1 Å². The summed E-state index contributed by atoms with van der Waals surface area (Å²) in [5.41, 5.74) is 3.28. The first-order chi connectivity index (χ1) is 13.7. The molecule has 0 unspecified atom stereocenters. The van der Waals surface area contributed by atoms with Gasteiger partial charge < -0.3 is 15.4 Å². The molecule has 0 aliphatic heterocycles. The summed E-state index contributed by atoms with van der Waals surface area (Å²) in [5.74, 6) is 1.63. The molecule has 4 nitrogen and oxygen atoms in total. The molecule has 0 amide bonds. The van der Waals surface area contributed by atoms with Gasteiger partial charge in [0.1, 0.15) is 16.4 Å². The Bertz CT molecular complexity index is 1100. The van der Waals surface area contributed by atoms with E-state index in [0.29, 0.717) is 0 Å². The van der Waals surface area contributed by atoms with E-state index in [9.17, 15) is 0 Å². The molecule has 4 rings (SSSR count). The normalized spacial score (nSPS) is 11.1. The van der Waals surface area contributed by atoms with Crippen LogP contribution in [0.4, 0.5) is 17.2 Å². The lowest BCUT2D eigenvalue weighted by Gasteiger charge is -2.06. The molecular formula is C23H21N3OS. The van der Waals surface area contributed by atoms with Crippen LogP contribution in [0.1, 0.15) is 6.92 Å². The van der Waals surface area contributed by atoms with Gasteiger partial charge >= 0.3 is 0 Å². The van der Waals surface area contributed by atoms with Gasteiger partial charge in [0, 0.05) is 28.7 Å². The minimum absolute atomic E-state index is 0.805. The van der Waals surface area contributed by atoms with Gasteiger partial charge in [0.2, 0.25) is 0 Å². The number of rotatable bonds is 6. The average molecular weight is 388 g/mol. The molecule has 0 saturated heterocycles. The van der Waals surface area contributed by atoms with Crippen LogP contribution in [-0.4, -0.2) is 12.0 Å². The molecule has 0 aliphatic carbocycles. The monoisotopic (exact) mass is 387 g/mol. The molecule has 2 heterocycles. The van der Waals surface area contributed by atoms with Gasteiger partial charge in [-0.15, -0.1) is 11.3 Å². The Kier molecular flexibility index (Phi) is 5.26. The second kappa shape index (κ2) is 8.15. The van der Waals surface area contributed by atoms with Crippen molar-refractivity contribution in [2.24, 2.45) is 0 Å². The molecule has 0 spiro atoms. The maximum atomic E-state index is 5.45. The molecule has 0 bridgehead atoms. The zero-order valence-electron chi connectivity index (χ0n) is 15.8. The minimum atomic E-state index is 0.805. The summed E-state index contributed by atoms with van der Waals surface area (Å²) in [5, 5.41) is 7.66. The molecule has 0 atom stereocenters. The van der Waals surface area contributed by atoms with Crippen LogP contribution in [0.3, 0.4) is 0 Å². The Balaban J connectivity index is 1.54. The number of hydrogen-bond acceptors (Lipinski definition) is 5. The maximum Gasteiger partial charge on any atom is 0.132 e. The standard InChI is InChI=1S/C23H21N3OS/c1-3-14-27-20-11-9-19(10-12-20)25-22-13-6-17-15-21(28-23(17)26-22)16-4-7-18(24-2)8-5-16/h3-15,24H,1-2H3,(H,25,26)/b14-3+. The van der Waals surface area contributed by atoms with E-state index in [1.54, 1.807) is 17.6 Å². The Labute approximate surface area is 168 Å². The van der Waals surface area contributed by atoms with Crippen molar-refractivity contribution in [3.8, 4) is 16.2 Å². The Hall–Kier alpha value is -3.31. The third-order valence-electron chi connectivity index (χ3n) is 4.31. The molecule has 0 saturated carbocycles. The van der Waals surface area contributed by atoms with Crippen molar-refractivity contribution < 1.29 is 4.74 Å². The minimum Gasteiger partial charge on any atom is -0.465 e. The highest BCUT2D eigenvalue weighted by Gasteiger charge is 2.07. The fourth-order valence-corrected chi connectivity index (χ4v) is 3.88. The van der Waals surface area contributed by atoms with Gasteiger partial charge in [0.15, 0.2) is 0 Å². The van der Waals surface area contributed by atoms with Crippen molar-refractivity contribution in [3.05, 3.63) is 79.1 Å². The molecule has 0 radical (unpaired) electrons. The number of ether oxygens (including phenoxy) is 1. The number of pyridine rings is 1. The highest BCUT2D eigenvalue weighted by molar-refractivity contribution is 7.21. The van der Waals surface area contributed by atoms with Crippen molar-refractivity contribution in [2.45, 2.75) is 6.92 Å². The predicted molar refractivity (Wildman–Crippen MR) is 120 cm³/mol. The highest BCUT2D eigenvalue weighted by Crippen LogP contribution is 2.34. The second-order valence-electron chi connectivity index (χ2n) is 6.27. The number of hydrogen-bond donors (Lipinski definition) is 2. The molecule has 140 valence electrons. The summed E-state index contributed by atoms with van der Waals surface area (Å²) in [7, 11) is 1.93. The number of thiophene rings is 1. The maximum absolute atomic E-state index is 5.45. The molecule has 5 heteroatoms. The molecule has 2 aromatic heterocycles. The van der Waals surface area contributed by atoms with E-state index in [1.165, 1.54) is 10.4 Å². The summed E-state index contributed by atoms with van der Waals surface area (Å²) < 4.78 is 5.45. The fraction of sp³-hybridized carbons (Fsp3) is 0.0870. The number of aromatic nitrogens is 1. The number of benzene rings is 2. The van der Waals surface area contributed by atoms with E-state index in [-0.39, 0.29) is 0 Å². The Morgan fingerprint density at radius 1 is 0.929 bits per heavy atom. The average Bonchev–Trinajstić information content (AvgIpc) is 3.17. The van der Waals surface area contributed by atoms with Gasteiger partial charge in [-0.25, -0.2) is 4.98 Å². The Morgan fingerprint density at radius 3 is 2.39 bits per heavy atom. The number of anilines is 3. The summed E-state index contributed by atoms with van der Waals surface area (Å²) in [6.45, 7) is 1.92. The van der Waals surface area contributed by atoms with Crippen molar-refractivity contribution in [3.63, 3.8) is 0 Å². The van der Waals surface area contributed by atoms with E-state index < -0.39 is 0 Å². The summed E-state index contributed by atoms with van der Waals surface area (Å²) in [6.07, 6.45) is 3.52. The fourth-order valence-electron chi connectivity index (χ4n) is 2.84. The van der Waals surface area contributed by atoms with Crippen molar-refractivity contribution in [1.29, 1.82) is 0 Å². The first-order valence-electron chi connectivity index (χ1n) is 9.09. The zero-order valence-corrected chi connectivity index (χ0v) is 16.6.